The van der Waals surface area contributed by atoms with Crippen molar-refractivity contribution in [2.75, 3.05) is 6.54 Å². The number of benzene rings is 1. The third-order valence-corrected chi connectivity index (χ3v) is 4.63. The van der Waals surface area contributed by atoms with Crippen molar-refractivity contribution < 1.29 is 23.9 Å². The number of amides is 3. The molecule has 1 aromatic rings. The third kappa shape index (κ3) is 5.07. The molecule has 0 aromatic heterocycles. The number of imide groups is 1. The maximum absolute atomic E-state index is 13.0. The highest BCUT2D eigenvalue weighted by Crippen LogP contribution is 2.39. The van der Waals surface area contributed by atoms with Crippen LogP contribution in [0.5, 0.6) is 0 Å². The number of carbonyl (C=O) groups excluding carboxylic acids is 3. The first-order valence-electron chi connectivity index (χ1n) is 9.29. The molecule has 1 aliphatic heterocycles. The average molecular weight is 374 g/mol. The van der Waals surface area contributed by atoms with Crippen molar-refractivity contribution >= 4 is 17.9 Å². The Hall–Kier alpha value is -2.41. The highest BCUT2D eigenvalue weighted by Gasteiger charge is 2.50. The van der Waals surface area contributed by atoms with E-state index < -0.39 is 17.6 Å². The Morgan fingerprint density at radius 3 is 2.56 bits per heavy atom. The van der Waals surface area contributed by atoms with Crippen molar-refractivity contribution in [2.45, 2.75) is 63.9 Å². The maximum atomic E-state index is 13.0. The highest BCUT2D eigenvalue weighted by atomic mass is 16.6. The lowest BCUT2D eigenvalue weighted by Crippen LogP contribution is -2.51. The number of hydrogen-bond acceptors (Lipinski definition) is 5. The van der Waals surface area contributed by atoms with Gasteiger partial charge in [0.05, 0.1) is 12.1 Å². The van der Waals surface area contributed by atoms with Crippen LogP contribution in [0.1, 0.15) is 50.4 Å². The lowest BCUT2D eigenvalue weighted by molar-refractivity contribution is -0.122. The molecule has 0 radical (unpaired) electrons. The number of alkyl carbamates (subject to hydrolysis) is 1. The molecule has 0 spiro atoms. The Labute approximate surface area is 159 Å². The van der Waals surface area contributed by atoms with Crippen LogP contribution >= 0.6 is 0 Å². The Morgan fingerprint density at radius 1 is 1.19 bits per heavy atom. The Bertz CT molecular complexity index is 713. The maximum Gasteiger partial charge on any atom is 0.414 e. The van der Waals surface area contributed by atoms with Crippen molar-refractivity contribution in [3.63, 3.8) is 0 Å². The zero-order valence-electron chi connectivity index (χ0n) is 15.9. The summed E-state index contributed by atoms with van der Waals surface area (Å²) < 4.78 is 10.8. The van der Waals surface area contributed by atoms with Crippen molar-refractivity contribution in [3.05, 3.63) is 35.9 Å². The van der Waals surface area contributed by atoms with Crippen molar-refractivity contribution in [3.8, 4) is 0 Å². The number of rotatable bonds is 4. The summed E-state index contributed by atoms with van der Waals surface area (Å²) in [7, 11) is 0. The van der Waals surface area contributed by atoms with Gasteiger partial charge in [-0.05, 0) is 52.2 Å². The molecule has 3 rings (SSSR count). The summed E-state index contributed by atoms with van der Waals surface area (Å²) in [6, 6.07) is 8.66. The minimum Gasteiger partial charge on any atom is -0.444 e. The normalized spacial score (nSPS) is 23.7. The molecule has 1 saturated carbocycles. The van der Waals surface area contributed by atoms with Gasteiger partial charge < -0.3 is 14.4 Å². The van der Waals surface area contributed by atoms with Crippen LogP contribution < -0.4 is 5.32 Å². The van der Waals surface area contributed by atoms with E-state index in [9.17, 15) is 14.4 Å². The van der Waals surface area contributed by atoms with Gasteiger partial charge >= 0.3 is 6.09 Å². The summed E-state index contributed by atoms with van der Waals surface area (Å²) in [4.78, 5) is 38.8. The van der Waals surface area contributed by atoms with E-state index in [2.05, 4.69) is 5.32 Å². The molecular weight excluding hydrogens is 348 g/mol. The highest BCUT2D eigenvalue weighted by molar-refractivity contribution is 5.99. The fourth-order valence-electron chi connectivity index (χ4n) is 3.45. The molecule has 1 heterocycles. The summed E-state index contributed by atoms with van der Waals surface area (Å²) in [6.45, 7) is 4.93. The molecule has 1 N–H and O–H groups in total. The number of fused-ring (bicyclic) bond motifs is 1. The summed E-state index contributed by atoms with van der Waals surface area (Å²) in [5, 5.41) is 2.21. The van der Waals surface area contributed by atoms with Gasteiger partial charge in [-0.15, -0.1) is 0 Å². The van der Waals surface area contributed by atoms with Gasteiger partial charge in [-0.2, -0.15) is 0 Å². The molecule has 1 aliphatic carbocycles. The van der Waals surface area contributed by atoms with Gasteiger partial charge in [0.1, 0.15) is 18.2 Å². The third-order valence-electron chi connectivity index (χ3n) is 4.63. The monoisotopic (exact) mass is 374 g/mol. The predicted molar refractivity (Wildman–Crippen MR) is 98.2 cm³/mol. The van der Waals surface area contributed by atoms with Crippen LogP contribution in [0.3, 0.4) is 0 Å². The number of ether oxygens (including phenoxy) is 2. The fourth-order valence-corrected chi connectivity index (χ4v) is 3.45. The van der Waals surface area contributed by atoms with Crippen LogP contribution in [0.2, 0.25) is 0 Å². The molecule has 2 aliphatic rings. The van der Waals surface area contributed by atoms with E-state index in [1.54, 1.807) is 45.0 Å². The zero-order valence-corrected chi connectivity index (χ0v) is 15.9. The molecule has 0 bridgehead atoms. The molecule has 0 unspecified atom stereocenters. The first-order valence-corrected chi connectivity index (χ1v) is 9.29. The number of nitrogens with zero attached hydrogens (tertiary/aromatic N) is 1. The van der Waals surface area contributed by atoms with Crippen LogP contribution in [0.25, 0.3) is 0 Å². The fraction of sp³-hybridized carbons (Fsp3) is 0.550. The minimum atomic E-state index is -0.816. The van der Waals surface area contributed by atoms with Crippen molar-refractivity contribution in [1.29, 1.82) is 0 Å². The molecule has 2 fully saturated rings. The van der Waals surface area contributed by atoms with Gasteiger partial charge in [-0.1, -0.05) is 18.2 Å². The average Bonchev–Trinajstić information content (AvgIpc) is 3.38. The summed E-state index contributed by atoms with van der Waals surface area (Å²) in [5.41, 5.74) is -0.201. The number of nitrogens with one attached hydrogen (secondary N) is 1. The van der Waals surface area contributed by atoms with E-state index in [0.29, 0.717) is 5.56 Å². The van der Waals surface area contributed by atoms with E-state index in [-0.39, 0.29) is 30.7 Å². The van der Waals surface area contributed by atoms with Crippen molar-refractivity contribution in [1.82, 2.24) is 10.2 Å². The molecule has 3 atom stereocenters. The summed E-state index contributed by atoms with van der Waals surface area (Å²) in [5.74, 6) is -0.813. The Balaban J connectivity index is 1.71. The van der Waals surface area contributed by atoms with E-state index in [4.69, 9.17) is 9.47 Å². The first kappa shape index (κ1) is 19.4. The van der Waals surface area contributed by atoms with Crippen molar-refractivity contribution in [2.24, 2.45) is 0 Å². The second kappa shape index (κ2) is 7.68. The van der Waals surface area contributed by atoms with Gasteiger partial charge in [-0.3, -0.25) is 14.9 Å². The smallest absolute Gasteiger partial charge is 0.414 e. The zero-order chi connectivity index (χ0) is 19.6. The SMILES string of the molecule is CC(C)(C)OC(=O)NC(=O)CN(C(=O)c1ccccc1)[C@H]1CCC[C@H]2O[C@H]21. The molecule has 1 aromatic carbocycles. The van der Waals surface area contributed by atoms with Crippen LogP contribution in [-0.4, -0.2) is 53.2 Å². The van der Waals surface area contributed by atoms with Gasteiger partial charge in [0.2, 0.25) is 5.91 Å². The lowest BCUT2D eigenvalue weighted by atomic mass is 9.93. The molecule has 3 amide bonds. The van der Waals surface area contributed by atoms with Gasteiger partial charge in [-0.25, -0.2) is 4.79 Å². The van der Waals surface area contributed by atoms with E-state index >= 15 is 0 Å². The lowest BCUT2D eigenvalue weighted by Gasteiger charge is -2.32. The topological polar surface area (TPSA) is 88.2 Å². The molecule has 146 valence electrons. The molecule has 1 saturated heterocycles. The Morgan fingerprint density at radius 2 is 1.89 bits per heavy atom. The van der Waals surface area contributed by atoms with Crippen LogP contribution in [0.4, 0.5) is 4.79 Å². The molecule has 27 heavy (non-hydrogen) atoms. The van der Waals surface area contributed by atoms with E-state index in [1.165, 1.54) is 4.90 Å². The van der Waals surface area contributed by atoms with Crippen LogP contribution in [0, 0.1) is 0 Å². The number of hydrogen-bond donors (Lipinski definition) is 1. The van der Waals surface area contributed by atoms with E-state index in [0.717, 1.165) is 19.3 Å². The molecule has 7 heteroatoms. The van der Waals surface area contributed by atoms with Gasteiger partial charge in [0.15, 0.2) is 0 Å². The second-order valence-electron chi connectivity index (χ2n) is 7.99. The van der Waals surface area contributed by atoms with Crippen LogP contribution in [-0.2, 0) is 14.3 Å². The Kier molecular flexibility index (Phi) is 5.51. The van der Waals surface area contributed by atoms with Gasteiger partial charge in [0.25, 0.3) is 5.91 Å². The molecular formula is C20H26N2O5. The first-order chi connectivity index (χ1) is 12.7. The quantitative estimate of drug-likeness (QED) is 0.818. The largest absolute Gasteiger partial charge is 0.444 e. The second-order valence-corrected chi connectivity index (χ2v) is 7.99. The van der Waals surface area contributed by atoms with E-state index in [1.807, 2.05) is 6.07 Å². The standard InChI is InChI=1S/C20H26N2O5/c1-20(2,3)27-19(25)21-16(23)12-22(14-10-7-11-15-17(14)26-15)18(24)13-8-5-4-6-9-13/h4-6,8-9,14-15,17H,7,10-12H2,1-3H3,(H,21,23,25)/t14-,15+,17-/m0/s1. The number of epoxide rings is 1. The minimum absolute atomic E-state index is 0.0271. The van der Waals surface area contributed by atoms with Crippen LogP contribution in [0.15, 0.2) is 30.3 Å². The number of carbonyl (C=O) groups is 3. The summed E-state index contributed by atoms with van der Waals surface area (Å²) in [6.07, 6.45) is 2.03. The summed E-state index contributed by atoms with van der Waals surface area (Å²) >= 11 is 0. The van der Waals surface area contributed by atoms with Gasteiger partial charge in [0, 0.05) is 5.56 Å². The molecule has 7 nitrogen and oxygen atoms in total. The predicted octanol–water partition coefficient (Wildman–Crippen LogP) is 2.50.